The summed E-state index contributed by atoms with van der Waals surface area (Å²) in [4.78, 5) is 4.19. The molecule has 28 heavy (non-hydrogen) atoms. The Labute approximate surface area is 161 Å². The van der Waals surface area contributed by atoms with Crippen molar-refractivity contribution in [1.29, 1.82) is 0 Å². The number of benzene rings is 1. The SMILES string of the molecule is Cc1cccc(OC2CCN(S(=O)(=O)c3ccc(OC(F)(F)F)cc3)CC2)n1. The van der Waals surface area contributed by atoms with Crippen molar-refractivity contribution in [2.45, 2.75) is 37.1 Å². The highest BCUT2D eigenvalue weighted by molar-refractivity contribution is 7.89. The molecule has 1 saturated heterocycles. The third kappa shape index (κ3) is 5.14. The van der Waals surface area contributed by atoms with E-state index in [1.807, 2.05) is 19.1 Å². The number of sulfonamides is 1. The molecule has 0 unspecified atom stereocenters. The van der Waals surface area contributed by atoms with Gasteiger partial charge in [0.15, 0.2) is 0 Å². The van der Waals surface area contributed by atoms with Crippen molar-refractivity contribution in [1.82, 2.24) is 9.29 Å². The first-order chi connectivity index (χ1) is 13.1. The average molecular weight is 416 g/mol. The molecule has 6 nitrogen and oxygen atoms in total. The molecule has 3 rings (SSSR count). The van der Waals surface area contributed by atoms with Crippen molar-refractivity contribution in [2.24, 2.45) is 0 Å². The van der Waals surface area contributed by atoms with Gasteiger partial charge in [0.2, 0.25) is 15.9 Å². The van der Waals surface area contributed by atoms with Crippen molar-refractivity contribution in [3.63, 3.8) is 0 Å². The predicted octanol–water partition coefficient (Wildman–Crippen LogP) is 3.52. The lowest BCUT2D eigenvalue weighted by atomic mass is 10.1. The fraction of sp³-hybridized carbons (Fsp3) is 0.389. The molecule has 0 atom stereocenters. The minimum atomic E-state index is -4.82. The maximum Gasteiger partial charge on any atom is 0.573 e. The Morgan fingerprint density at radius 3 is 2.29 bits per heavy atom. The molecule has 10 heteroatoms. The number of nitrogens with zero attached hydrogens (tertiary/aromatic N) is 2. The minimum Gasteiger partial charge on any atom is -0.474 e. The maximum absolute atomic E-state index is 12.7. The topological polar surface area (TPSA) is 68.7 Å². The fourth-order valence-corrected chi connectivity index (χ4v) is 4.38. The first kappa shape index (κ1) is 20.4. The summed E-state index contributed by atoms with van der Waals surface area (Å²) in [6.45, 7) is 2.35. The summed E-state index contributed by atoms with van der Waals surface area (Å²) in [5.74, 6) is 0.0331. The Morgan fingerprint density at radius 2 is 1.71 bits per heavy atom. The molecule has 2 aromatic rings. The van der Waals surface area contributed by atoms with Crippen molar-refractivity contribution in [3.05, 3.63) is 48.2 Å². The summed E-state index contributed by atoms with van der Waals surface area (Å²) >= 11 is 0. The maximum atomic E-state index is 12.7. The molecule has 152 valence electrons. The average Bonchev–Trinajstić information content (AvgIpc) is 2.61. The molecule has 1 aliphatic heterocycles. The third-order valence-electron chi connectivity index (χ3n) is 4.25. The van der Waals surface area contributed by atoms with E-state index in [4.69, 9.17) is 4.74 Å². The van der Waals surface area contributed by atoms with E-state index >= 15 is 0 Å². The predicted molar refractivity (Wildman–Crippen MR) is 94.5 cm³/mol. The van der Waals surface area contributed by atoms with Crippen LogP contribution in [0.2, 0.25) is 0 Å². The summed E-state index contributed by atoms with van der Waals surface area (Å²) in [5.41, 5.74) is 0.829. The van der Waals surface area contributed by atoms with E-state index in [-0.39, 0.29) is 24.1 Å². The van der Waals surface area contributed by atoms with Crippen LogP contribution in [-0.2, 0) is 10.0 Å². The second-order valence-corrected chi connectivity index (χ2v) is 8.30. The van der Waals surface area contributed by atoms with Gasteiger partial charge in [-0.05, 0) is 50.1 Å². The van der Waals surface area contributed by atoms with Gasteiger partial charge < -0.3 is 9.47 Å². The highest BCUT2D eigenvalue weighted by Gasteiger charge is 2.32. The Hall–Kier alpha value is -2.33. The smallest absolute Gasteiger partial charge is 0.474 e. The molecule has 0 radical (unpaired) electrons. The monoisotopic (exact) mass is 416 g/mol. The van der Waals surface area contributed by atoms with Crippen LogP contribution >= 0.6 is 0 Å². The van der Waals surface area contributed by atoms with Crippen molar-refractivity contribution in [3.8, 4) is 11.6 Å². The summed E-state index contributed by atoms with van der Waals surface area (Å²) in [5, 5.41) is 0. The minimum absolute atomic E-state index is 0.0817. The molecule has 0 bridgehead atoms. The number of hydrogen-bond acceptors (Lipinski definition) is 5. The first-order valence-corrected chi connectivity index (χ1v) is 10.0. The molecule has 0 amide bonds. The second-order valence-electron chi connectivity index (χ2n) is 6.36. The van der Waals surface area contributed by atoms with Gasteiger partial charge in [0, 0.05) is 24.8 Å². The van der Waals surface area contributed by atoms with E-state index in [2.05, 4.69) is 9.72 Å². The van der Waals surface area contributed by atoms with Gasteiger partial charge in [0.25, 0.3) is 0 Å². The number of aromatic nitrogens is 1. The molecule has 1 aromatic heterocycles. The van der Waals surface area contributed by atoms with Crippen LogP contribution < -0.4 is 9.47 Å². The van der Waals surface area contributed by atoms with E-state index < -0.39 is 22.1 Å². The normalized spacial score (nSPS) is 16.7. The molecule has 1 aromatic carbocycles. The van der Waals surface area contributed by atoms with E-state index in [1.54, 1.807) is 6.07 Å². The van der Waals surface area contributed by atoms with Crippen LogP contribution in [-0.4, -0.2) is 43.3 Å². The standard InChI is InChI=1S/C18H19F3N2O4S/c1-13-3-2-4-17(22-13)26-14-9-11-23(12-10-14)28(24,25)16-7-5-15(6-8-16)27-18(19,20)21/h2-8,14H,9-12H2,1H3. The zero-order chi connectivity index (χ0) is 20.4. The molecule has 0 N–H and O–H groups in total. The zero-order valence-electron chi connectivity index (χ0n) is 15.0. The van der Waals surface area contributed by atoms with Gasteiger partial charge in [0.05, 0.1) is 4.90 Å². The number of hydrogen-bond donors (Lipinski definition) is 0. The molecule has 0 saturated carbocycles. The van der Waals surface area contributed by atoms with Crippen molar-refractivity contribution in [2.75, 3.05) is 13.1 Å². The molecule has 2 heterocycles. The van der Waals surface area contributed by atoms with E-state index in [1.165, 1.54) is 4.31 Å². The zero-order valence-corrected chi connectivity index (χ0v) is 15.8. The number of pyridine rings is 1. The van der Waals surface area contributed by atoms with E-state index in [0.717, 1.165) is 30.0 Å². The molecular formula is C18H19F3N2O4S. The quantitative estimate of drug-likeness (QED) is 0.746. The van der Waals surface area contributed by atoms with E-state index in [9.17, 15) is 21.6 Å². The van der Waals surface area contributed by atoms with E-state index in [0.29, 0.717) is 18.7 Å². The number of aryl methyl sites for hydroxylation is 1. The Bertz CT molecular complexity index is 909. The third-order valence-corrected chi connectivity index (χ3v) is 6.16. The summed E-state index contributed by atoms with van der Waals surface area (Å²) < 4.78 is 72.9. The number of ether oxygens (including phenoxy) is 2. The van der Waals surface area contributed by atoms with Gasteiger partial charge in [-0.15, -0.1) is 13.2 Å². The number of piperidine rings is 1. The van der Waals surface area contributed by atoms with Gasteiger partial charge in [-0.1, -0.05) is 6.07 Å². The molecule has 0 aliphatic carbocycles. The van der Waals surface area contributed by atoms with Gasteiger partial charge in [-0.2, -0.15) is 4.31 Å². The largest absolute Gasteiger partial charge is 0.573 e. The number of rotatable bonds is 5. The lowest BCUT2D eigenvalue weighted by molar-refractivity contribution is -0.274. The van der Waals surface area contributed by atoms with Crippen LogP contribution in [0.4, 0.5) is 13.2 Å². The summed E-state index contributed by atoms with van der Waals surface area (Å²) in [7, 11) is -3.80. The molecular weight excluding hydrogens is 397 g/mol. The highest BCUT2D eigenvalue weighted by Crippen LogP contribution is 2.27. The lowest BCUT2D eigenvalue weighted by Crippen LogP contribution is -2.41. The van der Waals surface area contributed by atoms with Crippen molar-refractivity contribution >= 4 is 10.0 Å². The Balaban J connectivity index is 1.61. The fourth-order valence-electron chi connectivity index (χ4n) is 2.91. The highest BCUT2D eigenvalue weighted by atomic mass is 32.2. The van der Waals surface area contributed by atoms with Gasteiger partial charge >= 0.3 is 6.36 Å². The lowest BCUT2D eigenvalue weighted by Gasteiger charge is -2.31. The van der Waals surface area contributed by atoms with Crippen molar-refractivity contribution < 1.29 is 31.1 Å². The van der Waals surface area contributed by atoms with Crippen LogP contribution in [0.5, 0.6) is 11.6 Å². The molecule has 0 spiro atoms. The van der Waals surface area contributed by atoms with Gasteiger partial charge in [-0.25, -0.2) is 13.4 Å². The van der Waals surface area contributed by atoms with Crippen LogP contribution in [0.25, 0.3) is 0 Å². The van der Waals surface area contributed by atoms with Gasteiger partial charge in [0.1, 0.15) is 11.9 Å². The van der Waals surface area contributed by atoms with Crippen LogP contribution in [0.1, 0.15) is 18.5 Å². The van der Waals surface area contributed by atoms with Crippen LogP contribution in [0.3, 0.4) is 0 Å². The Morgan fingerprint density at radius 1 is 1.07 bits per heavy atom. The summed E-state index contributed by atoms with van der Waals surface area (Å²) in [6.07, 6.45) is -3.99. The molecule has 1 aliphatic rings. The Kier molecular flexibility index (Phi) is 5.80. The first-order valence-electron chi connectivity index (χ1n) is 8.60. The second kappa shape index (κ2) is 7.96. The number of halogens is 3. The summed E-state index contributed by atoms with van der Waals surface area (Å²) in [6, 6.07) is 9.63. The number of alkyl halides is 3. The van der Waals surface area contributed by atoms with Crippen LogP contribution in [0.15, 0.2) is 47.4 Å². The molecule has 1 fully saturated rings. The van der Waals surface area contributed by atoms with Crippen LogP contribution in [0, 0.1) is 6.92 Å². The van der Waals surface area contributed by atoms with Gasteiger partial charge in [-0.3, -0.25) is 0 Å².